The fraction of sp³-hybridized carbons (Fsp3) is 0. The van der Waals surface area contributed by atoms with Gasteiger partial charge < -0.3 is 11.1 Å². The summed E-state index contributed by atoms with van der Waals surface area (Å²) in [4.78, 5) is 3.79. The number of nitrogens with one attached hydrogen (secondary N) is 1. The van der Waals surface area contributed by atoms with Crippen molar-refractivity contribution < 1.29 is 0 Å². The van der Waals surface area contributed by atoms with E-state index in [0.29, 0.717) is 11.6 Å². The minimum Gasteiger partial charge on any atom is -0.385 e. The Hall–Kier alpha value is -1.25. The average molecular weight is 109 g/mol. The molecule has 0 aromatic rings. The van der Waals surface area contributed by atoms with Crippen molar-refractivity contribution in [3.8, 4) is 0 Å². The Labute approximate surface area is 47.6 Å². The lowest BCUT2D eigenvalue weighted by Gasteiger charge is -2.06. The van der Waals surface area contributed by atoms with Crippen LogP contribution in [0.15, 0.2) is 29.3 Å². The summed E-state index contributed by atoms with van der Waals surface area (Å²) in [7, 11) is 0. The van der Waals surface area contributed by atoms with Crippen molar-refractivity contribution in [2.45, 2.75) is 0 Å². The molecule has 0 aromatic heterocycles. The van der Waals surface area contributed by atoms with E-state index in [2.05, 4.69) is 16.9 Å². The fourth-order valence-electron chi connectivity index (χ4n) is 0.448. The van der Waals surface area contributed by atoms with Crippen molar-refractivity contribution >= 4 is 6.21 Å². The average Bonchev–Trinajstić information content (AvgIpc) is 1.64. The van der Waals surface area contributed by atoms with E-state index in [0.717, 1.165) is 0 Å². The Kier molecular flexibility index (Phi) is 1.04. The summed E-state index contributed by atoms with van der Waals surface area (Å²) in [5.41, 5.74) is 5.32. The minimum absolute atomic E-state index is 0.588. The lowest BCUT2D eigenvalue weighted by atomic mass is 10.5. The van der Waals surface area contributed by atoms with Crippen molar-refractivity contribution in [3.05, 3.63) is 24.3 Å². The monoisotopic (exact) mass is 109 g/mol. The third kappa shape index (κ3) is 0.872. The van der Waals surface area contributed by atoms with Gasteiger partial charge in [-0.25, -0.2) is 4.99 Å². The van der Waals surface area contributed by atoms with Gasteiger partial charge in [-0.05, 0) is 6.08 Å². The van der Waals surface area contributed by atoms with Crippen LogP contribution in [-0.4, -0.2) is 6.21 Å². The zero-order valence-corrected chi connectivity index (χ0v) is 4.39. The van der Waals surface area contributed by atoms with Crippen LogP contribution < -0.4 is 11.1 Å². The first-order valence-electron chi connectivity index (χ1n) is 2.25. The highest BCUT2D eigenvalue weighted by atomic mass is 15.1. The molecule has 0 unspecified atom stereocenters. The van der Waals surface area contributed by atoms with Gasteiger partial charge in [0.25, 0.3) is 0 Å². The van der Waals surface area contributed by atoms with Crippen LogP contribution in [0.4, 0.5) is 0 Å². The van der Waals surface area contributed by atoms with E-state index in [4.69, 9.17) is 5.73 Å². The fourth-order valence-corrected chi connectivity index (χ4v) is 0.448. The number of nitrogens with two attached hydrogens (primary N) is 1. The third-order valence-corrected chi connectivity index (χ3v) is 0.773. The Morgan fingerprint density at radius 3 is 2.88 bits per heavy atom. The van der Waals surface area contributed by atoms with Crippen LogP contribution in [0.25, 0.3) is 0 Å². The zero-order chi connectivity index (χ0) is 5.98. The minimum atomic E-state index is 0.588. The van der Waals surface area contributed by atoms with Gasteiger partial charge >= 0.3 is 0 Å². The van der Waals surface area contributed by atoms with Crippen molar-refractivity contribution in [2.75, 3.05) is 0 Å². The van der Waals surface area contributed by atoms with E-state index in [1.54, 1.807) is 12.3 Å². The van der Waals surface area contributed by atoms with E-state index in [-0.39, 0.29) is 0 Å². The highest BCUT2D eigenvalue weighted by Crippen LogP contribution is 1.92. The Balaban J connectivity index is 2.73. The molecule has 0 saturated carbocycles. The number of nitrogens with zero attached hydrogens (tertiary/aromatic N) is 1. The van der Waals surface area contributed by atoms with Gasteiger partial charge in [-0.2, -0.15) is 0 Å². The maximum Gasteiger partial charge on any atom is 0.124 e. The van der Waals surface area contributed by atoms with E-state index in [1.807, 2.05) is 0 Å². The molecule has 1 heterocycles. The molecule has 0 saturated heterocycles. The standard InChI is InChI=1S/C5H7N3/c1-4-7-3-2-5(6)8-4/h2-3,8H,1,6H2. The van der Waals surface area contributed by atoms with Gasteiger partial charge in [0.1, 0.15) is 11.6 Å². The van der Waals surface area contributed by atoms with E-state index >= 15 is 0 Å². The van der Waals surface area contributed by atoms with Crippen LogP contribution in [0.1, 0.15) is 0 Å². The molecule has 1 aliphatic heterocycles. The van der Waals surface area contributed by atoms with Crippen molar-refractivity contribution in [3.63, 3.8) is 0 Å². The molecule has 3 nitrogen and oxygen atoms in total. The normalized spacial score (nSPS) is 17.5. The Morgan fingerprint density at radius 2 is 2.50 bits per heavy atom. The van der Waals surface area contributed by atoms with Crippen LogP contribution in [0, 0.1) is 0 Å². The molecule has 0 fully saturated rings. The van der Waals surface area contributed by atoms with Crippen molar-refractivity contribution in [2.24, 2.45) is 10.7 Å². The first kappa shape index (κ1) is 4.90. The van der Waals surface area contributed by atoms with Crippen LogP contribution in [0.2, 0.25) is 0 Å². The smallest absolute Gasteiger partial charge is 0.124 e. The van der Waals surface area contributed by atoms with Gasteiger partial charge in [0.15, 0.2) is 0 Å². The topological polar surface area (TPSA) is 50.4 Å². The van der Waals surface area contributed by atoms with Gasteiger partial charge in [-0.15, -0.1) is 0 Å². The third-order valence-electron chi connectivity index (χ3n) is 0.773. The summed E-state index contributed by atoms with van der Waals surface area (Å²) < 4.78 is 0. The maximum absolute atomic E-state index is 5.32. The van der Waals surface area contributed by atoms with Crippen LogP contribution in [-0.2, 0) is 0 Å². The molecule has 8 heavy (non-hydrogen) atoms. The Bertz CT molecular complexity index is 167. The highest BCUT2D eigenvalue weighted by Gasteiger charge is 1.92. The second kappa shape index (κ2) is 1.69. The first-order valence-corrected chi connectivity index (χ1v) is 2.25. The largest absolute Gasteiger partial charge is 0.385 e. The van der Waals surface area contributed by atoms with Crippen LogP contribution in [0.3, 0.4) is 0 Å². The predicted molar refractivity (Wildman–Crippen MR) is 33.0 cm³/mol. The van der Waals surface area contributed by atoms with E-state index in [9.17, 15) is 0 Å². The van der Waals surface area contributed by atoms with Crippen LogP contribution >= 0.6 is 0 Å². The number of rotatable bonds is 0. The summed E-state index contributed by atoms with van der Waals surface area (Å²) in [6.45, 7) is 3.53. The number of allylic oxidation sites excluding steroid dienone is 1. The lowest BCUT2D eigenvalue weighted by Crippen LogP contribution is -2.20. The number of aliphatic imine (C=N–C) groups is 1. The molecule has 0 aromatic carbocycles. The predicted octanol–water partition coefficient (Wildman–Crippen LogP) is -0.0683. The summed E-state index contributed by atoms with van der Waals surface area (Å²) in [6, 6.07) is 0. The van der Waals surface area contributed by atoms with Crippen molar-refractivity contribution in [1.82, 2.24) is 5.32 Å². The second-order valence-electron chi connectivity index (χ2n) is 1.47. The Morgan fingerprint density at radius 1 is 1.75 bits per heavy atom. The molecule has 0 amide bonds. The maximum atomic E-state index is 5.32. The van der Waals surface area contributed by atoms with Gasteiger partial charge in [-0.1, -0.05) is 6.58 Å². The second-order valence-corrected chi connectivity index (χ2v) is 1.47. The molecule has 3 N–H and O–H groups in total. The molecular formula is C5H7N3. The quantitative estimate of drug-likeness (QED) is 0.457. The van der Waals surface area contributed by atoms with Gasteiger partial charge in [0, 0.05) is 6.21 Å². The van der Waals surface area contributed by atoms with Crippen molar-refractivity contribution in [1.29, 1.82) is 0 Å². The molecule has 1 rings (SSSR count). The van der Waals surface area contributed by atoms with E-state index in [1.165, 1.54) is 0 Å². The first-order chi connectivity index (χ1) is 3.79. The number of hydrogen-bond donors (Lipinski definition) is 2. The molecule has 42 valence electrons. The van der Waals surface area contributed by atoms with Gasteiger partial charge in [0.2, 0.25) is 0 Å². The SMILES string of the molecule is C=C1N=CC=C(N)N1. The summed E-state index contributed by atoms with van der Waals surface area (Å²) in [5, 5.41) is 2.73. The summed E-state index contributed by atoms with van der Waals surface area (Å²) >= 11 is 0. The number of hydrogen-bond acceptors (Lipinski definition) is 3. The molecular weight excluding hydrogens is 102 g/mol. The summed E-state index contributed by atoms with van der Waals surface area (Å²) in [6.07, 6.45) is 3.28. The van der Waals surface area contributed by atoms with Crippen LogP contribution in [0.5, 0.6) is 0 Å². The molecule has 0 spiro atoms. The zero-order valence-electron chi connectivity index (χ0n) is 4.39. The molecule has 0 aliphatic carbocycles. The van der Waals surface area contributed by atoms with Gasteiger partial charge in [-0.3, -0.25) is 0 Å². The lowest BCUT2D eigenvalue weighted by molar-refractivity contribution is 0.927. The molecule has 0 radical (unpaired) electrons. The summed E-state index contributed by atoms with van der Waals surface area (Å²) in [5.74, 6) is 1.18. The van der Waals surface area contributed by atoms with Gasteiger partial charge in [0.05, 0.1) is 0 Å². The highest BCUT2D eigenvalue weighted by molar-refractivity contribution is 5.74. The molecule has 0 bridgehead atoms. The van der Waals surface area contributed by atoms with E-state index < -0.39 is 0 Å². The molecule has 1 aliphatic rings. The molecule has 0 atom stereocenters. The molecule has 3 heteroatoms.